The summed E-state index contributed by atoms with van der Waals surface area (Å²) in [6.45, 7) is 4.92. The topological polar surface area (TPSA) is 55.0 Å². The summed E-state index contributed by atoms with van der Waals surface area (Å²) in [4.78, 5) is 10.3. The molecule has 1 heterocycles. The van der Waals surface area contributed by atoms with Crippen molar-refractivity contribution in [2.24, 2.45) is 0 Å². The van der Waals surface area contributed by atoms with Crippen LogP contribution < -0.4 is 10.6 Å². The molecule has 0 fully saturated rings. The van der Waals surface area contributed by atoms with E-state index in [1.54, 1.807) is 0 Å². The smallest absolute Gasteiger partial charge is 0.153 e. The van der Waals surface area contributed by atoms with Crippen LogP contribution in [0.2, 0.25) is 5.02 Å². The first-order chi connectivity index (χ1) is 9.09. The second kappa shape index (κ2) is 5.89. The molecule has 0 radical (unpaired) electrons. The Morgan fingerprint density at radius 1 is 1.21 bits per heavy atom. The zero-order chi connectivity index (χ0) is 13.8. The summed E-state index contributed by atoms with van der Waals surface area (Å²) in [6.07, 6.45) is 1.44. The third-order valence-electron chi connectivity index (χ3n) is 2.89. The summed E-state index contributed by atoms with van der Waals surface area (Å²) in [5.74, 6) is 0.985. The zero-order valence-electron chi connectivity index (χ0n) is 11.0. The summed E-state index contributed by atoms with van der Waals surface area (Å²) in [7, 11) is 0. The molecule has 0 amide bonds. The lowest BCUT2D eigenvalue weighted by Crippen LogP contribution is -2.31. The molecule has 100 valence electrons. The van der Waals surface area contributed by atoms with E-state index in [9.17, 15) is 0 Å². The van der Waals surface area contributed by atoms with Crippen LogP contribution in [-0.4, -0.2) is 16.0 Å². The molecule has 2 N–H and O–H groups in total. The minimum Gasteiger partial charge on any atom is -0.382 e. The Bertz CT molecular complexity index is 542. The van der Waals surface area contributed by atoms with E-state index in [1.165, 1.54) is 11.9 Å². The summed E-state index contributed by atoms with van der Waals surface area (Å²) < 4.78 is 0. The number of nitrogens with zero attached hydrogens (tertiary/aromatic N) is 3. The third kappa shape index (κ3) is 3.15. The molecule has 2 rings (SSSR count). The van der Waals surface area contributed by atoms with Gasteiger partial charge in [0.1, 0.15) is 17.2 Å². The van der Waals surface area contributed by atoms with Crippen LogP contribution in [0.1, 0.15) is 19.4 Å². The average molecular weight is 277 g/mol. The summed E-state index contributed by atoms with van der Waals surface area (Å²) in [5.41, 5.74) is 6.94. The maximum absolute atomic E-state index is 6.21. The standard InChI is InChI=1S/C14H17ClN4/c1-10(2)19(8-11-6-4-3-5-7-11)14-12(15)13(16)17-9-18-14/h3-7,9-10H,8H2,1-2H3,(H2,16,17,18). The van der Waals surface area contributed by atoms with Gasteiger partial charge in [-0.3, -0.25) is 0 Å². The molecule has 19 heavy (non-hydrogen) atoms. The number of nitrogen functional groups attached to an aromatic ring is 1. The molecule has 4 nitrogen and oxygen atoms in total. The molecule has 0 aliphatic carbocycles. The van der Waals surface area contributed by atoms with Crippen LogP contribution in [0.15, 0.2) is 36.7 Å². The van der Waals surface area contributed by atoms with Crippen LogP contribution >= 0.6 is 11.6 Å². The predicted octanol–water partition coefficient (Wildman–Crippen LogP) is 3.13. The van der Waals surface area contributed by atoms with E-state index >= 15 is 0 Å². The van der Waals surface area contributed by atoms with Crippen molar-refractivity contribution in [3.63, 3.8) is 0 Å². The third-order valence-corrected chi connectivity index (χ3v) is 3.25. The van der Waals surface area contributed by atoms with Gasteiger partial charge in [-0.15, -0.1) is 0 Å². The van der Waals surface area contributed by atoms with Crippen molar-refractivity contribution in [2.45, 2.75) is 26.4 Å². The number of aromatic nitrogens is 2. The highest BCUT2D eigenvalue weighted by Gasteiger charge is 2.17. The van der Waals surface area contributed by atoms with Gasteiger partial charge in [0.05, 0.1) is 0 Å². The Kier molecular flexibility index (Phi) is 4.22. The number of halogens is 1. The molecule has 0 aliphatic heterocycles. The Balaban J connectivity index is 2.33. The first kappa shape index (κ1) is 13.6. The first-order valence-corrected chi connectivity index (χ1v) is 6.54. The molecular weight excluding hydrogens is 260 g/mol. The fraction of sp³-hybridized carbons (Fsp3) is 0.286. The molecule has 2 aromatic rings. The lowest BCUT2D eigenvalue weighted by Gasteiger charge is -2.28. The van der Waals surface area contributed by atoms with Gasteiger partial charge in [0.15, 0.2) is 5.82 Å². The van der Waals surface area contributed by atoms with Crippen LogP contribution in [0.25, 0.3) is 0 Å². The summed E-state index contributed by atoms with van der Waals surface area (Å²) in [6, 6.07) is 10.4. The number of rotatable bonds is 4. The Morgan fingerprint density at radius 2 is 1.89 bits per heavy atom. The Morgan fingerprint density at radius 3 is 2.53 bits per heavy atom. The van der Waals surface area contributed by atoms with Crippen molar-refractivity contribution in [1.29, 1.82) is 0 Å². The van der Waals surface area contributed by atoms with E-state index in [2.05, 4.69) is 40.8 Å². The number of nitrogens with two attached hydrogens (primary N) is 1. The van der Waals surface area contributed by atoms with Crippen molar-refractivity contribution in [2.75, 3.05) is 10.6 Å². The maximum Gasteiger partial charge on any atom is 0.153 e. The lowest BCUT2D eigenvalue weighted by atomic mass is 10.2. The fourth-order valence-electron chi connectivity index (χ4n) is 1.86. The Hall–Kier alpha value is -1.81. The number of hydrogen-bond donors (Lipinski definition) is 1. The minimum atomic E-state index is 0.256. The first-order valence-electron chi connectivity index (χ1n) is 6.16. The zero-order valence-corrected chi connectivity index (χ0v) is 11.8. The average Bonchev–Trinajstić information content (AvgIpc) is 2.40. The Labute approximate surface area is 118 Å². The molecule has 0 aliphatic rings. The number of anilines is 2. The van der Waals surface area contributed by atoms with E-state index < -0.39 is 0 Å². The van der Waals surface area contributed by atoms with Gasteiger partial charge in [-0.05, 0) is 19.4 Å². The van der Waals surface area contributed by atoms with Gasteiger partial charge >= 0.3 is 0 Å². The van der Waals surface area contributed by atoms with Gasteiger partial charge in [-0.1, -0.05) is 41.9 Å². The van der Waals surface area contributed by atoms with Gasteiger partial charge in [-0.2, -0.15) is 0 Å². The van der Waals surface area contributed by atoms with Crippen LogP contribution in [0, 0.1) is 0 Å². The normalized spacial score (nSPS) is 10.7. The van der Waals surface area contributed by atoms with Crippen LogP contribution in [0.3, 0.4) is 0 Å². The molecule has 1 aromatic heterocycles. The van der Waals surface area contributed by atoms with Crippen LogP contribution in [0.5, 0.6) is 0 Å². The second-order valence-corrected chi connectivity index (χ2v) is 4.98. The molecule has 1 aromatic carbocycles. The second-order valence-electron chi connectivity index (χ2n) is 4.60. The quantitative estimate of drug-likeness (QED) is 0.932. The SMILES string of the molecule is CC(C)N(Cc1ccccc1)c1ncnc(N)c1Cl. The van der Waals surface area contributed by atoms with Crippen LogP contribution in [0.4, 0.5) is 11.6 Å². The van der Waals surface area contributed by atoms with Gasteiger partial charge in [0, 0.05) is 12.6 Å². The molecule has 5 heteroatoms. The molecule has 0 saturated heterocycles. The van der Waals surface area contributed by atoms with Gasteiger partial charge < -0.3 is 10.6 Å². The fourth-order valence-corrected chi connectivity index (χ4v) is 2.06. The highest BCUT2D eigenvalue weighted by Crippen LogP contribution is 2.29. The maximum atomic E-state index is 6.21. The lowest BCUT2D eigenvalue weighted by molar-refractivity contribution is 0.671. The largest absolute Gasteiger partial charge is 0.382 e. The van der Waals surface area contributed by atoms with Crippen molar-refractivity contribution in [3.8, 4) is 0 Å². The van der Waals surface area contributed by atoms with E-state index in [0.717, 1.165) is 6.54 Å². The van der Waals surface area contributed by atoms with Crippen molar-refractivity contribution < 1.29 is 0 Å². The minimum absolute atomic E-state index is 0.256. The van der Waals surface area contributed by atoms with E-state index in [1.807, 2.05) is 18.2 Å². The molecule has 0 unspecified atom stereocenters. The predicted molar refractivity (Wildman–Crippen MR) is 79.2 cm³/mol. The summed E-state index contributed by atoms with van der Waals surface area (Å²) >= 11 is 6.21. The van der Waals surface area contributed by atoms with Crippen molar-refractivity contribution >= 4 is 23.2 Å². The van der Waals surface area contributed by atoms with E-state index in [0.29, 0.717) is 16.7 Å². The monoisotopic (exact) mass is 276 g/mol. The molecule has 0 spiro atoms. The van der Waals surface area contributed by atoms with Gasteiger partial charge in [0.25, 0.3) is 0 Å². The van der Waals surface area contributed by atoms with Gasteiger partial charge in [-0.25, -0.2) is 9.97 Å². The van der Waals surface area contributed by atoms with Crippen molar-refractivity contribution in [3.05, 3.63) is 47.2 Å². The molecular formula is C14H17ClN4. The van der Waals surface area contributed by atoms with E-state index in [4.69, 9.17) is 17.3 Å². The molecule has 0 bridgehead atoms. The highest BCUT2D eigenvalue weighted by molar-refractivity contribution is 6.35. The molecule has 0 saturated carbocycles. The summed E-state index contributed by atoms with van der Waals surface area (Å²) in [5, 5.41) is 0.409. The molecule has 0 atom stereocenters. The van der Waals surface area contributed by atoms with E-state index in [-0.39, 0.29) is 6.04 Å². The van der Waals surface area contributed by atoms with Crippen LogP contribution in [-0.2, 0) is 6.54 Å². The highest BCUT2D eigenvalue weighted by atomic mass is 35.5. The number of hydrogen-bond acceptors (Lipinski definition) is 4. The number of benzene rings is 1. The van der Waals surface area contributed by atoms with Gasteiger partial charge in [0.2, 0.25) is 0 Å². The van der Waals surface area contributed by atoms with Crippen molar-refractivity contribution in [1.82, 2.24) is 9.97 Å².